The van der Waals surface area contributed by atoms with Crippen molar-refractivity contribution in [1.82, 2.24) is 4.90 Å². The standard InChI is InChI=1S/C18H24FN3O2S/c1-2-3-4-5-6-11-22-16(23)12-15(17(20)24)25-18(22)21-14-9-7-13(19)8-10-14/h7-10,15H,2-6,11-12H2,1H3,(H2,20,24). The number of hydrogen-bond acceptors (Lipinski definition) is 4. The number of aliphatic imine (C=N–C) groups is 1. The zero-order valence-corrected chi connectivity index (χ0v) is 15.2. The molecule has 2 rings (SSSR count). The SMILES string of the molecule is CCCCCCCN1C(=O)CC(C(N)=O)SC1=Nc1ccc(F)cc1. The number of amidine groups is 1. The number of amides is 2. The minimum atomic E-state index is -0.608. The van der Waals surface area contributed by atoms with Gasteiger partial charge in [0.15, 0.2) is 5.17 Å². The van der Waals surface area contributed by atoms with E-state index in [1.54, 1.807) is 17.0 Å². The lowest BCUT2D eigenvalue weighted by Gasteiger charge is -2.31. The third-order valence-corrected chi connectivity index (χ3v) is 5.20. The lowest BCUT2D eigenvalue weighted by Crippen LogP contribution is -2.45. The summed E-state index contributed by atoms with van der Waals surface area (Å²) in [5.41, 5.74) is 5.91. The molecule has 1 aliphatic rings. The molecular weight excluding hydrogens is 341 g/mol. The van der Waals surface area contributed by atoms with Gasteiger partial charge in [-0.2, -0.15) is 0 Å². The van der Waals surface area contributed by atoms with E-state index in [1.807, 2.05) is 0 Å². The number of nitrogens with zero attached hydrogens (tertiary/aromatic N) is 2. The molecule has 1 aromatic carbocycles. The number of thioether (sulfide) groups is 1. The highest BCUT2D eigenvalue weighted by molar-refractivity contribution is 8.15. The van der Waals surface area contributed by atoms with Gasteiger partial charge in [0, 0.05) is 13.0 Å². The Kier molecular flexibility index (Phi) is 7.43. The number of nitrogens with two attached hydrogens (primary N) is 1. The molecule has 0 aromatic heterocycles. The minimum Gasteiger partial charge on any atom is -0.369 e. The molecule has 25 heavy (non-hydrogen) atoms. The van der Waals surface area contributed by atoms with E-state index in [2.05, 4.69) is 11.9 Å². The van der Waals surface area contributed by atoms with E-state index < -0.39 is 11.2 Å². The average Bonchev–Trinajstić information content (AvgIpc) is 2.58. The maximum absolute atomic E-state index is 13.1. The van der Waals surface area contributed by atoms with Crippen molar-refractivity contribution in [3.05, 3.63) is 30.1 Å². The fourth-order valence-corrected chi connectivity index (χ4v) is 3.65. The van der Waals surface area contributed by atoms with Crippen molar-refractivity contribution >= 4 is 34.4 Å². The van der Waals surface area contributed by atoms with E-state index in [1.165, 1.54) is 30.3 Å². The third kappa shape index (κ3) is 5.85. The van der Waals surface area contributed by atoms with Crippen LogP contribution in [0.4, 0.5) is 10.1 Å². The molecule has 1 aliphatic heterocycles. The first-order chi connectivity index (χ1) is 12.0. The van der Waals surface area contributed by atoms with Gasteiger partial charge >= 0.3 is 0 Å². The highest BCUT2D eigenvalue weighted by Gasteiger charge is 2.34. The van der Waals surface area contributed by atoms with Crippen LogP contribution < -0.4 is 5.73 Å². The molecule has 0 aliphatic carbocycles. The van der Waals surface area contributed by atoms with Gasteiger partial charge in [-0.25, -0.2) is 9.38 Å². The number of hydrogen-bond donors (Lipinski definition) is 1. The van der Waals surface area contributed by atoms with E-state index in [-0.39, 0.29) is 18.1 Å². The number of primary amides is 1. The van der Waals surface area contributed by atoms with Gasteiger partial charge in [0.05, 0.1) is 10.9 Å². The molecule has 5 nitrogen and oxygen atoms in total. The van der Waals surface area contributed by atoms with Crippen molar-refractivity contribution in [2.75, 3.05) is 6.54 Å². The molecule has 0 bridgehead atoms. The van der Waals surface area contributed by atoms with Gasteiger partial charge in [0.2, 0.25) is 11.8 Å². The van der Waals surface area contributed by atoms with Gasteiger partial charge < -0.3 is 5.73 Å². The summed E-state index contributed by atoms with van der Waals surface area (Å²) in [7, 11) is 0. The molecule has 1 aromatic rings. The van der Waals surface area contributed by atoms with Gasteiger partial charge in [0.1, 0.15) is 5.82 Å². The van der Waals surface area contributed by atoms with Crippen LogP contribution in [0.15, 0.2) is 29.3 Å². The molecule has 1 unspecified atom stereocenters. The minimum absolute atomic E-state index is 0.0946. The summed E-state index contributed by atoms with van der Waals surface area (Å²) >= 11 is 1.21. The molecule has 1 heterocycles. The zero-order chi connectivity index (χ0) is 18.2. The Morgan fingerprint density at radius 1 is 1.28 bits per heavy atom. The fourth-order valence-electron chi connectivity index (χ4n) is 2.57. The number of unbranched alkanes of at least 4 members (excludes halogenated alkanes) is 4. The molecule has 136 valence electrons. The maximum Gasteiger partial charge on any atom is 0.231 e. The van der Waals surface area contributed by atoms with E-state index in [4.69, 9.17) is 5.73 Å². The van der Waals surface area contributed by atoms with E-state index in [0.717, 1.165) is 25.7 Å². The summed E-state index contributed by atoms with van der Waals surface area (Å²) in [6.07, 6.45) is 5.51. The molecule has 2 amide bonds. The van der Waals surface area contributed by atoms with Crippen LogP contribution >= 0.6 is 11.8 Å². The molecule has 1 fully saturated rings. The number of rotatable bonds is 8. The Bertz CT molecular complexity index is 634. The quantitative estimate of drug-likeness (QED) is 0.715. The molecule has 7 heteroatoms. The molecule has 0 radical (unpaired) electrons. The molecule has 1 atom stereocenters. The Balaban J connectivity index is 2.13. The molecule has 0 saturated carbocycles. The molecule has 2 N–H and O–H groups in total. The second-order valence-corrected chi connectivity index (χ2v) is 7.21. The Hall–Kier alpha value is -1.89. The first-order valence-electron chi connectivity index (χ1n) is 8.62. The van der Waals surface area contributed by atoms with Gasteiger partial charge in [0.25, 0.3) is 0 Å². The maximum atomic E-state index is 13.1. The Morgan fingerprint density at radius 3 is 2.60 bits per heavy atom. The molecule has 0 spiro atoms. The number of carbonyl (C=O) groups excluding carboxylic acids is 2. The lowest BCUT2D eigenvalue weighted by molar-refractivity contribution is -0.129. The van der Waals surface area contributed by atoms with Crippen LogP contribution in [0.5, 0.6) is 0 Å². The molecular formula is C18H24FN3O2S. The van der Waals surface area contributed by atoms with Crippen molar-refractivity contribution in [2.45, 2.75) is 50.7 Å². The van der Waals surface area contributed by atoms with Gasteiger partial charge in [-0.15, -0.1) is 0 Å². The predicted molar refractivity (Wildman–Crippen MR) is 99.2 cm³/mol. The van der Waals surface area contributed by atoms with E-state index in [9.17, 15) is 14.0 Å². The lowest BCUT2D eigenvalue weighted by atomic mass is 10.1. The summed E-state index contributed by atoms with van der Waals surface area (Å²) in [5.74, 6) is -1.01. The smallest absolute Gasteiger partial charge is 0.231 e. The summed E-state index contributed by atoms with van der Waals surface area (Å²) in [6, 6.07) is 5.71. The van der Waals surface area contributed by atoms with Gasteiger partial charge in [-0.3, -0.25) is 14.5 Å². The van der Waals surface area contributed by atoms with Crippen LogP contribution in [0.3, 0.4) is 0 Å². The fraction of sp³-hybridized carbons (Fsp3) is 0.500. The highest BCUT2D eigenvalue weighted by Crippen LogP contribution is 2.29. The van der Waals surface area contributed by atoms with Crippen molar-refractivity contribution in [3.63, 3.8) is 0 Å². The monoisotopic (exact) mass is 365 g/mol. The van der Waals surface area contributed by atoms with Crippen molar-refractivity contribution in [2.24, 2.45) is 10.7 Å². The van der Waals surface area contributed by atoms with Crippen LogP contribution in [0, 0.1) is 5.82 Å². The van der Waals surface area contributed by atoms with Gasteiger partial charge in [-0.1, -0.05) is 44.4 Å². The average molecular weight is 365 g/mol. The third-order valence-electron chi connectivity index (χ3n) is 3.99. The van der Waals surface area contributed by atoms with Crippen LogP contribution in [0.25, 0.3) is 0 Å². The van der Waals surface area contributed by atoms with Crippen molar-refractivity contribution < 1.29 is 14.0 Å². The van der Waals surface area contributed by atoms with Crippen LogP contribution in [-0.2, 0) is 9.59 Å². The zero-order valence-electron chi connectivity index (χ0n) is 14.4. The van der Waals surface area contributed by atoms with E-state index >= 15 is 0 Å². The van der Waals surface area contributed by atoms with E-state index in [0.29, 0.717) is 17.4 Å². The second-order valence-electron chi connectivity index (χ2n) is 6.04. The van der Waals surface area contributed by atoms with Crippen LogP contribution in [0.1, 0.15) is 45.4 Å². The van der Waals surface area contributed by atoms with Crippen molar-refractivity contribution in [1.29, 1.82) is 0 Å². The summed E-state index contributed by atoms with van der Waals surface area (Å²) < 4.78 is 13.1. The predicted octanol–water partition coefficient (Wildman–Crippen LogP) is 3.60. The second kappa shape index (κ2) is 9.56. The summed E-state index contributed by atoms with van der Waals surface area (Å²) in [6.45, 7) is 2.73. The normalized spacial score (nSPS) is 19.4. The largest absolute Gasteiger partial charge is 0.369 e. The van der Waals surface area contributed by atoms with Crippen LogP contribution in [0.2, 0.25) is 0 Å². The Morgan fingerprint density at radius 2 is 1.96 bits per heavy atom. The van der Waals surface area contributed by atoms with Crippen molar-refractivity contribution in [3.8, 4) is 0 Å². The number of halogens is 1. The summed E-state index contributed by atoms with van der Waals surface area (Å²) in [4.78, 5) is 30.0. The summed E-state index contributed by atoms with van der Waals surface area (Å²) in [5, 5.41) is -0.148. The first kappa shape index (κ1) is 19.4. The number of carbonyl (C=O) groups is 2. The topological polar surface area (TPSA) is 75.8 Å². The van der Waals surface area contributed by atoms with Gasteiger partial charge in [-0.05, 0) is 30.7 Å². The molecule has 1 saturated heterocycles. The number of benzene rings is 1. The van der Waals surface area contributed by atoms with Crippen LogP contribution in [-0.4, -0.2) is 33.7 Å². The highest BCUT2D eigenvalue weighted by atomic mass is 32.2. The Labute approximate surface area is 151 Å². The first-order valence-corrected chi connectivity index (χ1v) is 9.49.